The molecule has 1 amide bonds. The van der Waals surface area contributed by atoms with Gasteiger partial charge in [0.25, 0.3) is 0 Å². The molecule has 1 aromatic carbocycles. The predicted octanol–water partition coefficient (Wildman–Crippen LogP) is 4.12. The minimum Gasteiger partial charge on any atom is -0.444 e. The van der Waals surface area contributed by atoms with Gasteiger partial charge in [-0.3, -0.25) is 0 Å². The SMILES string of the molecule is CC(C)(C)OC(=O)NCC1CCCC1NCc1cccc(Cl)c1. The van der Waals surface area contributed by atoms with E-state index in [1.54, 1.807) is 0 Å². The smallest absolute Gasteiger partial charge is 0.407 e. The second-order valence-electron chi connectivity index (χ2n) is 7.19. The van der Waals surface area contributed by atoms with Gasteiger partial charge in [0.05, 0.1) is 0 Å². The molecule has 0 bridgehead atoms. The van der Waals surface area contributed by atoms with Crippen LogP contribution in [0.15, 0.2) is 24.3 Å². The van der Waals surface area contributed by atoms with Gasteiger partial charge >= 0.3 is 6.09 Å². The number of nitrogens with one attached hydrogen (secondary N) is 2. The van der Waals surface area contributed by atoms with Crippen LogP contribution >= 0.6 is 11.6 Å². The highest BCUT2D eigenvalue weighted by Gasteiger charge is 2.27. The molecule has 2 rings (SSSR count). The normalized spacial score (nSPS) is 21.2. The molecule has 1 saturated carbocycles. The molecule has 4 nitrogen and oxygen atoms in total. The Morgan fingerprint density at radius 2 is 2.13 bits per heavy atom. The summed E-state index contributed by atoms with van der Waals surface area (Å²) in [6.07, 6.45) is 3.12. The predicted molar refractivity (Wildman–Crippen MR) is 93.7 cm³/mol. The van der Waals surface area contributed by atoms with Crippen LogP contribution in [-0.4, -0.2) is 24.3 Å². The van der Waals surface area contributed by atoms with Crippen LogP contribution in [0, 0.1) is 5.92 Å². The van der Waals surface area contributed by atoms with Gasteiger partial charge in [-0.1, -0.05) is 30.2 Å². The standard InChI is InChI=1S/C18H27ClN2O2/c1-18(2,3)23-17(22)21-12-14-7-5-9-16(14)20-11-13-6-4-8-15(19)10-13/h4,6,8,10,14,16,20H,5,7,9,11-12H2,1-3H3,(H,21,22). The van der Waals surface area contributed by atoms with Gasteiger partial charge in [0.2, 0.25) is 0 Å². The van der Waals surface area contributed by atoms with Crippen molar-refractivity contribution in [1.82, 2.24) is 10.6 Å². The van der Waals surface area contributed by atoms with E-state index in [0.717, 1.165) is 24.4 Å². The first kappa shape index (κ1) is 18.1. The van der Waals surface area contributed by atoms with Gasteiger partial charge < -0.3 is 15.4 Å². The summed E-state index contributed by atoms with van der Waals surface area (Å²) in [4.78, 5) is 11.8. The van der Waals surface area contributed by atoms with Crippen LogP contribution in [0.1, 0.15) is 45.6 Å². The van der Waals surface area contributed by atoms with Gasteiger partial charge in [0.1, 0.15) is 5.60 Å². The zero-order valence-corrected chi connectivity index (χ0v) is 15.0. The van der Waals surface area contributed by atoms with Crippen molar-refractivity contribution < 1.29 is 9.53 Å². The molecule has 0 saturated heterocycles. The minimum atomic E-state index is -0.454. The molecular formula is C18H27ClN2O2. The summed E-state index contributed by atoms with van der Waals surface area (Å²) >= 11 is 6.02. The summed E-state index contributed by atoms with van der Waals surface area (Å²) in [6.45, 7) is 7.07. The first-order valence-corrected chi connectivity index (χ1v) is 8.66. The van der Waals surface area contributed by atoms with Gasteiger partial charge in [0.15, 0.2) is 0 Å². The van der Waals surface area contributed by atoms with Crippen molar-refractivity contribution in [3.63, 3.8) is 0 Å². The summed E-state index contributed by atoms with van der Waals surface area (Å²) in [7, 11) is 0. The highest BCUT2D eigenvalue weighted by Crippen LogP contribution is 2.25. The van der Waals surface area contributed by atoms with Gasteiger partial charge in [-0.05, 0) is 57.2 Å². The van der Waals surface area contributed by atoms with Crippen LogP contribution in [-0.2, 0) is 11.3 Å². The Hall–Kier alpha value is -1.26. The minimum absolute atomic E-state index is 0.335. The molecule has 23 heavy (non-hydrogen) atoms. The van der Waals surface area contributed by atoms with E-state index in [2.05, 4.69) is 16.7 Å². The van der Waals surface area contributed by atoms with E-state index in [0.29, 0.717) is 18.5 Å². The number of alkyl carbamates (subject to hydrolysis) is 1. The molecule has 0 aliphatic heterocycles. The average Bonchev–Trinajstić information content (AvgIpc) is 2.88. The van der Waals surface area contributed by atoms with Gasteiger partial charge in [-0.2, -0.15) is 0 Å². The summed E-state index contributed by atoms with van der Waals surface area (Å²) in [6, 6.07) is 8.33. The summed E-state index contributed by atoms with van der Waals surface area (Å²) in [5, 5.41) is 7.26. The summed E-state index contributed by atoms with van der Waals surface area (Å²) < 4.78 is 5.29. The van der Waals surface area contributed by atoms with E-state index < -0.39 is 5.60 Å². The third-order valence-corrected chi connectivity index (χ3v) is 4.26. The van der Waals surface area contributed by atoms with Crippen LogP contribution in [0.3, 0.4) is 0 Å². The Morgan fingerprint density at radius 3 is 2.83 bits per heavy atom. The maximum Gasteiger partial charge on any atom is 0.407 e. The third-order valence-electron chi connectivity index (χ3n) is 4.02. The van der Waals surface area contributed by atoms with Crippen LogP contribution in [0.4, 0.5) is 4.79 Å². The van der Waals surface area contributed by atoms with Crippen LogP contribution in [0.2, 0.25) is 5.02 Å². The lowest BCUT2D eigenvalue weighted by atomic mass is 10.0. The van der Waals surface area contributed by atoms with Crippen molar-refractivity contribution in [2.75, 3.05) is 6.54 Å². The van der Waals surface area contributed by atoms with Gasteiger partial charge in [0, 0.05) is 24.2 Å². The molecule has 5 heteroatoms. The molecule has 1 aliphatic rings. The van der Waals surface area contributed by atoms with E-state index in [1.807, 2.05) is 39.0 Å². The number of ether oxygens (including phenoxy) is 1. The highest BCUT2D eigenvalue weighted by atomic mass is 35.5. The maximum absolute atomic E-state index is 11.8. The largest absolute Gasteiger partial charge is 0.444 e. The third kappa shape index (κ3) is 6.40. The summed E-state index contributed by atoms with van der Waals surface area (Å²) in [5.41, 5.74) is 0.729. The molecule has 0 heterocycles. The summed E-state index contributed by atoms with van der Waals surface area (Å²) in [5.74, 6) is 0.446. The lowest BCUT2D eigenvalue weighted by molar-refractivity contribution is 0.0517. The van der Waals surface area contributed by atoms with Crippen molar-refractivity contribution in [3.05, 3.63) is 34.9 Å². The molecule has 2 unspecified atom stereocenters. The second-order valence-corrected chi connectivity index (χ2v) is 7.63. The molecule has 1 aliphatic carbocycles. The van der Waals surface area contributed by atoms with E-state index in [1.165, 1.54) is 12.0 Å². The zero-order valence-electron chi connectivity index (χ0n) is 14.2. The fourth-order valence-electron chi connectivity index (χ4n) is 2.97. The number of rotatable bonds is 5. The maximum atomic E-state index is 11.8. The first-order valence-electron chi connectivity index (χ1n) is 8.28. The molecular weight excluding hydrogens is 312 g/mol. The average molecular weight is 339 g/mol. The van der Waals surface area contributed by atoms with Crippen LogP contribution in [0.25, 0.3) is 0 Å². The molecule has 0 spiro atoms. The van der Waals surface area contributed by atoms with E-state index in [4.69, 9.17) is 16.3 Å². The van der Waals surface area contributed by atoms with Crippen LogP contribution in [0.5, 0.6) is 0 Å². The van der Waals surface area contributed by atoms with Gasteiger partial charge in [-0.15, -0.1) is 0 Å². The van der Waals surface area contributed by atoms with E-state index in [9.17, 15) is 4.79 Å². The number of hydrogen-bond donors (Lipinski definition) is 2. The Bertz CT molecular complexity index is 528. The molecule has 1 fully saturated rings. The van der Waals surface area contributed by atoms with Crippen molar-refractivity contribution in [2.45, 2.75) is 58.2 Å². The Labute approximate surface area is 143 Å². The number of carbonyl (C=O) groups is 1. The number of hydrogen-bond acceptors (Lipinski definition) is 3. The Kier molecular flexibility index (Phi) is 6.31. The fraction of sp³-hybridized carbons (Fsp3) is 0.611. The zero-order chi connectivity index (χ0) is 16.9. The van der Waals surface area contributed by atoms with Crippen molar-refractivity contribution >= 4 is 17.7 Å². The number of amides is 1. The lowest BCUT2D eigenvalue weighted by Crippen LogP contribution is -2.40. The Balaban J connectivity index is 1.77. The van der Waals surface area contributed by atoms with Crippen molar-refractivity contribution in [1.29, 1.82) is 0 Å². The van der Waals surface area contributed by atoms with Crippen LogP contribution < -0.4 is 10.6 Å². The van der Waals surface area contributed by atoms with Crippen molar-refractivity contribution in [3.8, 4) is 0 Å². The number of carbonyl (C=O) groups excluding carboxylic acids is 1. The molecule has 0 radical (unpaired) electrons. The quantitative estimate of drug-likeness (QED) is 0.849. The highest BCUT2D eigenvalue weighted by molar-refractivity contribution is 6.30. The number of halogens is 1. The Morgan fingerprint density at radius 1 is 1.35 bits per heavy atom. The first-order chi connectivity index (χ1) is 10.8. The van der Waals surface area contributed by atoms with Gasteiger partial charge in [-0.25, -0.2) is 4.79 Å². The van der Waals surface area contributed by atoms with Crippen molar-refractivity contribution in [2.24, 2.45) is 5.92 Å². The van der Waals surface area contributed by atoms with E-state index >= 15 is 0 Å². The van der Waals surface area contributed by atoms with E-state index in [-0.39, 0.29) is 6.09 Å². The second kappa shape index (κ2) is 8.02. The molecule has 0 aromatic heterocycles. The molecule has 2 atom stereocenters. The molecule has 128 valence electrons. The lowest BCUT2D eigenvalue weighted by Gasteiger charge is -2.23. The number of benzene rings is 1. The fourth-order valence-corrected chi connectivity index (χ4v) is 3.19. The monoisotopic (exact) mass is 338 g/mol. The topological polar surface area (TPSA) is 50.4 Å². The molecule has 2 N–H and O–H groups in total. The molecule has 1 aromatic rings.